The molecule has 7 heteroatoms. The molecule has 0 bridgehead atoms. The number of nitrogens with one attached hydrogen (secondary N) is 1. The lowest BCUT2D eigenvalue weighted by Gasteiger charge is -2.09. The third-order valence-electron chi connectivity index (χ3n) is 4.95. The van der Waals surface area contributed by atoms with Crippen LogP contribution in [0.3, 0.4) is 0 Å². The standard InChI is InChI=1S/C24H19N3O3S/c1-16-20(11-6-12-22(16)27(29)30)23(28)25-14-17-7-5-10-19(13-17)24-26-21(15-31-24)18-8-3-2-4-9-18/h2-13,15H,14H2,1H3,(H,25,28). The van der Waals surface area contributed by atoms with E-state index in [1.54, 1.807) is 24.3 Å². The number of hydrogen-bond acceptors (Lipinski definition) is 5. The van der Waals surface area contributed by atoms with Gasteiger partial charge in [0.1, 0.15) is 5.01 Å². The van der Waals surface area contributed by atoms with Gasteiger partial charge in [-0.3, -0.25) is 14.9 Å². The molecule has 1 aromatic heterocycles. The van der Waals surface area contributed by atoms with Crippen molar-refractivity contribution in [1.82, 2.24) is 10.3 Å². The lowest BCUT2D eigenvalue weighted by atomic mass is 10.1. The highest BCUT2D eigenvalue weighted by Crippen LogP contribution is 2.29. The van der Waals surface area contributed by atoms with Gasteiger partial charge in [-0.05, 0) is 24.6 Å². The maximum atomic E-state index is 12.6. The van der Waals surface area contributed by atoms with E-state index in [1.165, 1.54) is 12.1 Å². The largest absolute Gasteiger partial charge is 0.348 e. The first-order valence-electron chi connectivity index (χ1n) is 9.65. The molecular formula is C24H19N3O3S. The number of benzene rings is 3. The van der Waals surface area contributed by atoms with E-state index in [0.29, 0.717) is 17.7 Å². The van der Waals surface area contributed by atoms with Gasteiger partial charge < -0.3 is 5.32 Å². The molecule has 0 saturated carbocycles. The Morgan fingerprint density at radius 1 is 1.03 bits per heavy atom. The number of aromatic nitrogens is 1. The fourth-order valence-electron chi connectivity index (χ4n) is 3.31. The average Bonchev–Trinajstić information content (AvgIpc) is 3.29. The van der Waals surface area contributed by atoms with E-state index in [2.05, 4.69) is 5.32 Å². The predicted octanol–water partition coefficient (Wildman–Crippen LogP) is 5.62. The van der Waals surface area contributed by atoms with Crippen molar-refractivity contribution in [3.8, 4) is 21.8 Å². The molecule has 0 aliphatic carbocycles. The summed E-state index contributed by atoms with van der Waals surface area (Å²) in [7, 11) is 0. The molecule has 1 heterocycles. The second-order valence-corrected chi connectivity index (χ2v) is 7.85. The van der Waals surface area contributed by atoms with Gasteiger partial charge in [0.15, 0.2) is 0 Å². The van der Waals surface area contributed by atoms with Crippen molar-refractivity contribution in [3.05, 3.63) is 105 Å². The minimum absolute atomic E-state index is 0.0624. The van der Waals surface area contributed by atoms with E-state index in [9.17, 15) is 14.9 Å². The van der Waals surface area contributed by atoms with Crippen molar-refractivity contribution < 1.29 is 9.72 Å². The maximum Gasteiger partial charge on any atom is 0.273 e. The van der Waals surface area contributed by atoms with Gasteiger partial charge in [0.05, 0.1) is 10.6 Å². The van der Waals surface area contributed by atoms with Crippen LogP contribution in [0.25, 0.3) is 21.8 Å². The molecule has 6 nitrogen and oxygen atoms in total. The number of amides is 1. The Morgan fingerprint density at radius 3 is 2.55 bits per heavy atom. The average molecular weight is 430 g/mol. The molecule has 154 valence electrons. The SMILES string of the molecule is Cc1c(C(=O)NCc2cccc(-c3nc(-c4ccccc4)cs3)c2)cccc1[N+](=O)[O-]. The summed E-state index contributed by atoms with van der Waals surface area (Å²) in [6.45, 7) is 1.90. The zero-order valence-electron chi connectivity index (χ0n) is 16.7. The molecule has 3 aromatic carbocycles. The third-order valence-corrected chi connectivity index (χ3v) is 5.84. The molecule has 0 spiro atoms. The number of rotatable bonds is 6. The molecular weight excluding hydrogens is 410 g/mol. The van der Waals surface area contributed by atoms with Gasteiger partial charge >= 0.3 is 0 Å². The van der Waals surface area contributed by atoms with Gasteiger partial charge in [-0.25, -0.2) is 4.98 Å². The van der Waals surface area contributed by atoms with E-state index >= 15 is 0 Å². The fourth-order valence-corrected chi connectivity index (χ4v) is 4.13. The molecule has 1 N–H and O–H groups in total. The first kappa shape index (κ1) is 20.4. The van der Waals surface area contributed by atoms with Crippen molar-refractivity contribution in [2.75, 3.05) is 0 Å². The predicted molar refractivity (Wildman–Crippen MR) is 122 cm³/mol. The van der Waals surface area contributed by atoms with Gasteiger partial charge in [0.2, 0.25) is 0 Å². The normalized spacial score (nSPS) is 10.6. The molecule has 0 saturated heterocycles. The molecule has 31 heavy (non-hydrogen) atoms. The lowest BCUT2D eigenvalue weighted by molar-refractivity contribution is -0.385. The first-order chi connectivity index (χ1) is 15.0. The molecule has 0 radical (unpaired) electrons. The highest BCUT2D eigenvalue weighted by atomic mass is 32.1. The van der Waals surface area contributed by atoms with Crippen LogP contribution in [-0.4, -0.2) is 15.8 Å². The zero-order chi connectivity index (χ0) is 21.8. The van der Waals surface area contributed by atoms with E-state index in [4.69, 9.17) is 4.98 Å². The van der Waals surface area contributed by atoms with Gasteiger partial charge in [0.25, 0.3) is 11.6 Å². The Morgan fingerprint density at radius 2 is 1.77 bits per heavy atom. The number of carbonyl (C=O) groups excluding carboxylic acids is 1. The smallest absolute Gasteiger partial charge is 0.273 e. The minimum atomic E-state index is -0.479. The number of hydrogen-bond donors (Lipinski definition) is 1. The molecule has 4 rings (SSSR count). The zero-order valence-corrected chi connectivity index (χ0v) is 17.6. The molecule has 0 fully saturated rings. The van der Waals surface area contributed by atoms with Crippen LogP contribution in [0.1, 0.15) is 21.5 Å². The first-order valence-corrected chi connectivity index (χ1v) is 10.5. The van der Waals surface area contributed by atoms with Crippen molar-refractivity contribution in [2.45, 2.75) is 13.5 Å². The van der Waals surface area contributed by atoms with Crippen LogP contribution in [0.5, 0.6) is 0 Å². The Balaban J connectivity index is 1.49. The number of carbonyl (C=O) groups is 1. The van der Waals surface area contributed by atoms with Crippen LogP contribution in [0.2, 0.25) is 0 Å². The van der Waals surface area contributed by atoms with Gasteiger partial charge in [-0.1, -0.05) is 54.6 Å². The van der Waals surface area contributed by atoms with Gasteiger partial charge in [-0.15, -0.1) is 11.3 Å². The summed E-state index contributed by atoms with van der Waals surface area (Å²) in [6, 6.07) is 22.4. The Hall–Kier alpha value is -3.84. The van der Waals surface area contributed by atoms with Crippen LogP contribution >= 0.6 is 11.3 Å². The second kappa shape index (κ2) is 8.89. The summed E-state index contributed by atoms with van der Waals surface area (Å²) >= 11 is 1.57. The van der Waals surface area contributed by atoms with E-state index in [0.717, 1.165) is 27.4 Å². The quantitative estimate of drug-likeness (QED) is 0.318. The summed E-state index contributed by atoms with van der Waals surface area (Å²) in [5.74, 6) is -0.341. The minimum Gasteiger partial charge on any atom is -0.348 e. The van der Waals surface area contributed by atoms with Crippen LogP contribution in [-0.2, 0) is 6.54 Å². The Labute approximate surface area is 183 Å². The Bertz CT molecular complexity index is 1250. The van der Waals surface area contributed by atoms with Gasteiger partial charge in [-0.2, -0.15) is 0 Å². The highest BCUT2D eigenvalue weighted by molar-refractivity contribution is 7.13. The van der Waals surface area contributed by atoms with Crippen LogP contribution in [0.15, 0.2) is 78.2 Å². The number of thiazole rings is 1. The summed E-state index contributed by atoms with van der Waals surface area (Å²) < 4.78 is 0. The molecule has 0 unspecified atom stereocenters. The van der Waals surface area contributed by atoms with Crippen molar-refractivity contribution >= 4 is 22.9 Å². The highest BCUT2D eigenvalue weighted by Gasteiger charge is 2.17. The lowest BCUT2D eigenvalue weighted by Crippen LogP contribution is -2.23. The van der Waals surface area contributed by atoms with E-state index in [-0.39, 0.29) is 11.6 Å². The molecule has 0 aliphatic heterocycles. The van der Waals surface area contributed by atoms with Gasteiger partial charge in [0, 0.05) is 40.2 Å². The van der Waals surface area contributed by atoms with Crippen LogP contribution in [0, 0.1) is 17.0 Å². The van der Waals surface area contributed by atoms with Crippen LogP contribution in [0.4, 0.5) is 5.69 Å². The molecule has 0 aliphatic rings. The van der Waals surface area contributed by atoms with Crippen molar-refractivity contribution in [2.24, 2.45) is 0 Å². The summed E-state index contributed by atoms with van der Waals surface area (Å²) in [5, 5.41) is 16.9. The number of nitro benzene ring substituents is 1. The number of nitrogens with zero attached hydrogens (tertiary/aromatic N) is 2. The fraction of sp³-hybridized carbons (Fsp3) is 0.0833. The summed E-state index contributed by atoms with van der Waals surface area (Å²) in [4.78, 5) is 28.0. The number of nitro groups is 1. The van der Waals surface area contributed by atoms with Crippen LogP contribution < -0.4 is 5.32 Å². The molecule has 1 amide bonds. The van der Waals surface area contributed by atoms with E-state index in [1.807, 2.05) is 60.0 Å². The second-order valence-electron chi connectivity index (χ2n) is 6.99. The maximum absolute atomic E-state index is 12.6. The topological polar surface area (TPSA) is 85.1 Å². The third kappa shape index (κ3) is 4.51. The molecule has 0 atom stereocenters. The summed E-state index contributed by atoms with van der Waals surface area (Å²) in [6.07, 6.45) is 0. The van der Waals surface area contributed by atoms with Crippen molar-refractivity contribution in [3.63, 3.8) is 0 Å². The Kier molecular flexibility index (Phi) is 5.86. The molecule has 4 aromatic rings. The van der Waals surface area contributed by atoms with Crippen molar-refractivity contribution in [1.29, 1.82) is 0 Å². The summed E-state index contributed by atoms with van der Waals surface area (Å²) in [5.41, 5.74) is 4.50. The van der Waals surface area contributed by atoms with E-state index < -0.39 is 4.92 Å². The monoisotopic (exact) mass is 429 g/mol.